The van der Waals surface area contributed by atoms with Gasteiger partial charge in [0.05, 0.1) is 7.80 Å². The summed E-state index contributed by atoms with van der Waals surface area (Å²) in [5, 5.41) is 0. The van der Waals surface area contributed by atoms with Crippen LogP contribution >= 0.6 is 7.80 Å². The smallest absolute Gasteiger partial charge is 0.0774 e. The van der Waals surface area contributed by atoms with Gasteiger partial charge in [-0.25, -0.2) is 0 Å². The molecule has 0 aliphatic heterocycles. The van der Waals surface area contributed by atoms with Crippen LogP contribution in [0.4, 0.5) is 0 Å². The summed E-state index contributed by atoms with van der Waals surface area (Å²) in [5.74, 6) is 0. The second-order valence-corrected chi connectivity index (χ2v) is 4.12. The van der Waals surface area contributed by atoms with E-state index in [1.54, 1.807) is 6.66 Å². The summed E-state index contributed by atoms with van der Waals surface area (Å²) in [5.41, 5.74) is 1.17. The zero-order chi connectivity index (χ0) is 7.40. The van der Waals surface area contributed by atoms with Crippen molar-refractivity contribution in [2.24, 2.45) is 0 Å². The van der Waals surface area contributed by atoms with Crippen LogP contribution in [-0.4, -0.2) is 6.66 Å². The van der Waals surface area contributed by atoms with Gasteiger partial charge in [-0.2, -0.15) is 0 Å². The van der Waals surface area contributed by atoms with E-state index in [1.807, 2.05) is 30.3 Å². The van der Waals surface area contributed by atoms with E-state index in [0.29, 0.717) is 0 Å². The van der Waals surface area contributed by atoms with Gasteiger partial charge in [-0.15, -0.1) is 0 Å². The average molecular weight is 154 g/mol. The van der Waals surface area contributed by atoms with Gasteiger partial charge in [0.1, 0.15) is 0 Å². The highest BCUT2D eigenvalue weighted by Crippen LogP contribution is 2.20. The van der Waals surface area contributed by atoms with Crippen molar-refractivity contribution in [3.63, 3.8) is 0 Å². The lowest BCUT2D eigenvalue weighted by Crippen LogP contribution is -1.75. The fourth-order valence-corrected chi connectivity index (χ4v) is 1.69. The molecule has 1 atom stereocenters. The van der Waals surface area contributed by atoms with Crippen molar-refractivity contribution < 1.29 is 4.57 Å². The number of hydrogen-bond acceptors (Lipinski definition) is 1. The van der Waals surface area contributed by atoms with Gasteiger partial charge < -0.3 is 4.57 Å². The highest BCUT2D eigenvalue weighted by atomic mass is 31.1. The van der Waals surface area contributed by atoms with Crippen LogP contribution in [0.25, 0.3) is 0 Å². The van der Waals surface area contributed by atoms with E-state index < -0.39 is 7.80 Å². The van der Waals surface area contributed by atoms with Crippen LogP contribution in [0.5, 0.6) is 0 Å². The molecule has 0 fully saturated rings. The summed E-state index contributed by atoms with van der Waals surface area (Å²) >= 11 is 0. The molecule has 0 N–H and O–H groups in total. The molecule has 0 radical (unpaired) electrons. The largest absolute Gasteiger partial charge is 0.327 e. The third-order valence-corrected chi connectivity index (χ3v) is 2.20. The Morgan fingerprint density at radius 2 is 1.90 bits per heavy atom. The fraction of sp³-hybridized carbons (Fsp3) is 0.250. The Balaban J connectivity index is 2.67. The van der Waals surface area contributed by atoms with Gasteiger partial charge >= 0.3 is 0 Å². The lowest BCUT2D eigenvalue weighted by atomic mass is 10.2. The maximum Gasteiger partial charge on any atom is 0.0774 e. The normalized spacial score (nSPS) is 12.9. The molecule has 1 unspecified atom stereocenters. The second kappa shape index (κ2) is 3.58. The lowest BCUT2D eigenvalue weighted by Gasteiger charge is -1.94. The number of rotatable bonds is 2. The minimum absolute atomic E-state index is 0.742. The standard InChI is InChI=1S/C8H11OP/c1-10(9)7-8-5-3-2-4-6-8/h2-6,10H,7H2,1H3. The van der Waals surface area contributed by atoms with E-state index in [4.69, 9.17) is 0 Å². The van der Waals surface area contributed by atoms with Gasteiger partial charge in [0.25, 0.3) is 0 Å². The Labute approximate surface area is 61.9 Å². The molecule has 0 saturated carbocycles. The molecule has 0 heterocycles. The Morgan fingerprint density at radius 3 is 2.40 bits per heavy atom. The van der Waals surface area contributed by atoms with E-state index in [2.05, 4.69) is 0 Å². The summed E-state index contributed by atoms with van der Waals surface area (Å²) in [7, 11) is -1.34. The Morgan fingerprint density at radius 1 is 1.30 bits per heavy atom. The molecule has 0 bridgehead atoms. The zero-order valence-electron chi connectivity index (χ0n) is 6.00. The Kier molecular flexibility index (Phi) is 2.70. The molecule has 0 saturated heterocycles. The third kappa shape index (κ3) is 2.36. The zero-order valence-corrected chi connectivity index (χ0v) is 7.00. The summed E-state index contributed by atoms with van der Waals surface area (Å²) in [6, 6.07) is 9.93. The molecular weight excluding hydrogens is 143 g/mol. The highest BCUT2D eigenvalue weighted by Gasteiger charge is 1.91. The van der Waals surface area contributed by atoms with Gasteiger partial charge in [-0.05, 0) is 12.2 Å². The van der Waals surface area contributed by atoms with Crippen molar-refractivity contribution in [2.75, 3.05) is 6.66 Å². The summed E-state index contributed by atoms with van der Waals surface area (Å²) in [4.78, 5) is 0. The SMILES string of the molecule is C[PH](=O)Cc1ccccc1. The van der Waals surface area contributed by atoms with Crippen LogP contribution in [-0.2, 0) is 10.7 Å². The maximum atomic E-state index is 10.8. The van der Waals surface area contributed by atoms with E-state index in [9.17, 15) is 4.57 Å². The third-order valence-electron chi connectivity index (χ3n) is 1.30. The van der Waals surface area contributed by atoms with Gasteiger partial charge in [0, 0.05) is 6.16 Å². The summed E-state index contributed by atoms with van der Waals surface area (Å²) in [6.45, 7) is 1.79. The van der Waals surface area contributed by atoms with Crippen LogP contribution in [0.3, 0.4) is 0 Å². The molecule has 0 aliphatic carbocycles. The lowest BCUT2D eigenvalue weighted by molar-refractivity contribution is 0.590. The van der Waals surface area contributed by atoms with Crippen LogP contribution < -0.4 is 0 Å². The Bertz CT molecular complexity index is 218. The molecule has 2 heteroatoms. The number of hydrogen-bond donors (Lipinski definition) is 0. The van der Waals surface area contributed by atoms with Crippen LogP contribution in [0.15, 0.2) is 30.3 Å². The monoisotopic (exact) mass is 154 g/mol. The van der Waals surface area contributed by atoms with Gasteiger partial charge in [0.15, 0.2) is 0 Å². The minimum Gasteiger partial charge on any atom is -0.327 e. The first-order valence-corrected chi connectivity index (χ1v) is 5.44. The summed E-state index contributed by atoms with van der Waals surface area (Å²) < 4.78 is 10.8. The van der Waals surface area contributed by atoms with Crippen LogP contribution in [0.2, 0.25) is 0 Å². The van der Waals surface area contributed by atoms with E-state index in [0.717, 1.165) is 6.16 Å². The first-order chi connectivity index (χ1) is 4.79. The first kappa shape index (κ1) is 7.56. The fourth-order valence-electron chi connectivity index (χ4n) is 0.883. The van der Waals surface area contributed by atoms with E-state index in [1.165, 1.54) is 5.56 Å². The Hall–Kier alpha value is -0.550. The average Bonchev–Trinajstić information content (AvgIpc) is 1.88. The van der Waals surface area contributed by atoms with Crippen molar-refractivity contribution >= 4 is 7.80 Å². The topological polar surface area (TPSA) is 17.1 Å². The quantitative estimate of drug-likeness (QED) is 0.597. The van der Waals surface area contributed by atoms with Crippen LogP contribution in [0.1, 0.15) is 5.56 Å². The molecule has 0 spiro atoms. The molecule has 1 nitrogen and oxygen atoms in total. The summed E-state index contributed by atoms with van der Waals surface area (Å²) in [6.07, 6.45) is 0.742. The molecular formula is C8H11OP. The molecule has 1 rings (SSSR count). The van der Waals surface area contributed by atoms with Gasteiger partial charge in [-0.3, -0.25) is 0 Å². The van der Waals surface area contributed by atoms with Crippen molar-refractivity contribution in [3.05, 3.63) is 35.9 Å². The predicted molar refractivity (Wildman–Crippen MR) is 45.1 cm³/mol. The molecule has 0 amide bonds. The molecule has 10 heavy (non-hydrogen) atoms. The van der Waals surface area contributed by atoms with E-state index >= 15 is 0 Å². The molecule has 1 aromatic carbocycles. The molecule has 0 aromatic heterocycles. The highest BCUT2D eigenvalue weighted by molar-refractivity contribution is 7.42. The first-order valence-electron chi connectivity index (χ1n) is 3.32. The second-order valence-electron chi connectivity index (χ2n) is 2.36. The maximum absolute atomic E-state index is 10.8. The van der Waals surface area contributed by atoms with Gasteiger partial charge in [0.2, 0.25) is 0 Å². The molecule has 54 valence electrons. The molecule has 0 aliphatic rings. The predicted octanol–water partition coefficient (Wildman–Crippen LogP) is 2.38. The minimum atomic E-state index is -1.34. The van der Waals surface area contributed by atoms with Crippen molar-refractivity contribution in [3.8, 4) is 0 Å². The van der Waals surface area contributed by atoms with E-state index in [-0.39, 0.29) is 0 Å². The van der Waals surface area contributed by atoms with Crippen LogP contribution in [0, 0.1) is 0 Å². The van der Waals surface area contributed by atoms with Crippen molar-refractivity contribution in [1.29, 1.82) is 0 Å². The number of benzene rings is 1. The van der Waals surface area contributed by atoms with Gasteiger partial charge in [-0.1, -0.05) is 30.3 Å². The molecule has 1 aromatic rings. The van der Waals surface area contributed by atoms with Crippen molar-refractivity contribution in [2.45, 2.75) is 6.16 Å². The van der Waals surface area contributed by atoms with Crippen molar-refractivity contribution in [1.82, 2.24) is 0 Å².